The number of hydrogen-bond acceptors (Lipinski definition) is 1. The molecule has 0 aromatic heterocycles. The van der Waals surface area contributed by atoms with Gasteiger partial charge in [-0.15, -0.1) is 0 Å². The van der Waals surface area contributed by atoms with E-state index in [1.807, 2.05) is 19.1 Å². The van der Waals surface area contributed by atoms with Crippen molar-refractivity contribution in [2.24, 2.45) is 11.8 Å². The highest BCUT2D eigenvalue weighted by atomic mass is 16.3. The summed E-state index contributed by atoms with van der Waals surface area (Å²) < 4.78 is 0. The average Bonchev–Trinajstić information content (AvgIpc) is 2.03. The second kappa shape index (κ2) is 7.81. The van der Waals surface area contributed by atoms with E-state index in [0.717, 1.165) is 12.8 Å². The Bertz CT molecular complexity index is 180. The highest BCUT2D eigenvalue weighted by molar-refractivity contribution is 4.89. The first-order valence-corrected chi connectivity index (χ1v) is 5.53. The van der Waals surface area contributed by atoms with Gasteiger partial charge >= 0.3 is 0 Å². The molecule has 0 rings (SSSR count). The zero-order valence-electron chi connectivity index (χ0n) is 9.90. The van der Waals surface area contributed by atoms with E-state index in [1.165, 1.54) is 0 Å². The van der Waals surface area contributed by atoms with Crippen molar-refractivity contribution in [3.05, 3.63) is 24.3 Å². The lowest BCUT2D eigenvalue weighted by molar-refractivity contribution is 0.191. The molecular formula is C13H24O. The molecule has 0 radical (unpaired) electrons. The third-order valence-corrected chi connectivity index (χ3v) is 2.12. The maximum atomic E-state index is 9.52. The van der Waals surface area contributed by atoms with E-state index in [4.69, 9.17) is 0 Å². The van der Waals surface area contributed by atoms with Gasteiger partial charge in [0.15, 0.2) is 0 Å². The fourth-order valence-corrected chi connectivity index (χ4v) is 1.39. The van der Waals surface area contributed by atoms with Crippen LogP contribution in [0.5, 0.6) is 0 Å². The Morgan fingerprint density at radius 3 is 2.29 bits per heavy atom. The van der Waals surface area contributed by atoms with Gasteiger partial charge in [0.25, 0.3) is 0 Å². The van der Waals surface area contributed by atoms with Crippen LogP contribution < -0.4 is 0 Å². The molecule has 0 spiro atoms. The molecule has 0 aromatic rings. The molecule has 0 aliphatic heterocycles. The smallest absolute Gasteiger partial charge is 0.0723 e. The van der Waals surface area contributed by atoms with E-state index in [1.54, 1.807) is 0 Å². The molecule has 82 valence electrons. The lowest BCUT2D eigenvalue weighted by Crippen LogP contribution is -2.08. The van der Waals surface area contributed by atoms with Crippen molar-refractivity contribution in [2.45, 2.75) is 46.6 Å². The van der Waals surface area contributed by atoms with Crippen LogP contribution in [0.1, 0.15) is 40.5 Å². The summed E-state index contributed by atoms with van der Waals surface area (Å²) >= 11 is 0. The predicted octanol–water partition coefficient (Wildman–Crippen LogP) is 3.55. The monoisotopic (exact) mass is 196 g/mol. The lowest BCUT2D eigenvalue weighted by Gasteiger charge is -2.11. The molecule has 0 amide bonds. The van der Waals surface area contributed by atoms with Crippen LogP contribution in [0.25, 0.3) is 0 Å². The quantitative estimate of drug-likeness (QED) is 0.644. The predicted molar refractivity (Wildman–Crippen MR) is 63.2 cm³/mol. The molecule has 0 bridgehead atoms. The topological polar surface area (TPSA) is 20.2 Å². The Morgan fingerprint density at radius 1 is 1.14 bits per heavy atom. The molecule has 0 heterocycles. The first kappa shape index (κ1) is 13.4. The largest absolute Gasteiger partial charge is 0.389 e. The summed E-state index contributed by atoms with van der Waals surface area (Å²) in [5.74, 6) is 1.18. The molecule has 0 aliphatic rings. The van der Waals surface area contributed by atoms with Crippen LogP contribution in [-0.2, 0) is 0 Å². The van der Waals surface area contributed by atoms with Crippen LogP contribution in [0.4, 0.5) is 0 Å². The summed E-state index contributed by atoms with van der Waals surface area (Å²) in [7, 11) is 0. The van der Waals surface area contributed by atoms with Crippen molar-refractivity contribution in [2.75, 3.05) is 0 Å². The second-order valence-electron chi connectivity index (χ2n) is 4.34. The minimum Gasteiger partial charge on any atom is -0.389 e. The van der Waals surface area contributed by atoms with E-state index in [2.05, 4.69) is 32.9 Å². The fourth-order valence-electron chi connectivity index (χ4n) is 1.39. The third kappa shape index (κ3) is 8.06. The number of allylic oxidation sites excluding steroid dienone is 3. The van der Waals surface area contributed by atoms with Crippen molar-refractivity contribution in [3.63, 3.8) is 0 Å². The Hall–Kier alpha value is -0.560. The standard InChI is InChI=1S/C13H24O/c1-5-7-13(14)10-12(4)9-6-8-11(2)3/h5-8,11-14H,9-10H2,1-4H3/b7-5+,8-6?. The van der Waals surface area contributed by atoms with Gasteiger partial charge in [-0.05, 0) is 31.6 Å². The molecule has 14 heavy (non-hydrogen) atoms. The van der Waals surface area contributed by atoms with E-state index in [0.29, 0.717) is 11.8 Å². The molecule has 2 atom stereocenters. The molecule has 1 nitrogen and oxygen atoms in total. The van der Waals surface area contributed by atoms with Crippen LogP contribution >= 0.6 is 0 Å². The fraction of sp³-hybridized carbons (Fsp3) is 0.692. The summed E-state index contributed by atoms with van der Waals surface area (Å²) in [4.78, 5) is 0. The van der Waals surface area contributed by atoms with Gasteiger partial charge in [0.05, 0.1) is 6.10 Å². The van der Waals surface area contributed by atoms with E-state index in [9.17, 15) is 5.11 Å². The zero-order valence-corrected chi connectivity index (χ0v) is 9.90. The van der Waals surface area contributed by atoms with Gasteiger partial charge in [-0.1, -0.05) is 45.1 Å². The van der Waals surface area contributed by atoms with Crippen LogP contribution in [0.15, 0.2) is 24.3 Å². The van der Waals surface area contributed by atoms with Crippen LogP contribution in [-0.4, -0.2) is 11.2 Å². The van der Waals surface area contributed by atoms with Gasteiger partial charge < -0.3 is 5.11 Å². The molecule has 0 aromatic carbocycles. The Balaban J connectivity index is 3.69. The maximum absolute atomic E-state index is 9.52. The van der Waals surface area contributed by atoms with Gasteiger partial charge in [0, 0.05) is 0 Å². The van der Waals surface area contributed by atoms with Crippen LogP contribution in [0.3, 0.4) is 0 Å². The normalized spacial score (nSPS) is 17.0. The van der Waals surface area contributed by atoms with Gasteiger partial charge in [-0.3, -0.25) is 0 Å². The number of aliphatic hydroxyl groups is 1. The van der Waals surface area contributed by atoms with Gasteiger partial charge in [-0.2, -0.15) is 0 Å². The van der Waals surface area contributed by atoms with Crippen molar-refractivity contribution in [3.8, 4) is 0 Å². The Labute approximate surface area is 88.5 Å². The lowest BCUT2D eigenvalue weighted by atomic mass is 9.99. The molecule has 2 unspecified atom stereocenters. The van der Waals surface area contributed by atoms with E-state index in [-0.39, 0.29) is 6.10 Å². The molecule has 1 heteroatoms. The Kier molecular flexibility index (Phi) is 7.50. The molecule has 0 fully saturated rings. The summed E-state index contributed by atoms with van der Waals surface area (Å²) in [6.07, 6.45) is 9.84. The first-order valence-electron chi connectivity index (χ1n) is 5.53. The molecule has 0 saturated heterocycles. The van der Waals surface area contributed by atoms with Crippen molar-refractivity contribution >= 4 is 0 Å². The summed E-state index contributed by atoms with van der Waals surface area (Å²) in [5, 5.41) is 9.52. The maximum Gasteiger partial charge on any atom is 0.0723 e. The second-order valence-corrected chi connectivity index (χ2v) is 4.34. The minimum absolute atomic E-state index is 0.276. The highest BCUT2D eigenvalue weighted by Crippen LogP contribution is 2.12. The van der Waals surface area contributed by atoms with Crippen molar-refractivity contribution in [1.29, 1.82) is 0 Å². The van der Waals surface area contributed by atoms with Gasteiger partial charge in [0.1, 0.15) is 0 Å². The average molecular weight is 196 g/mol. The summed E-state index contributed by atoms with van der Waals surface area (Å²) in [6, 6.07) is 0. The van der Waals surface area contributed by atoms with E-state index >= 15 is 0 Å². The number of rotatable bonds is 6. The van der Waals surface area contributed by atoms with E-state index < -0.39 is 0 Å². The minimum atomic E-state index is -0.276. The summed E-state index contributed by atoms with van der Waals surface area (Å²) in [6.45, 7) is 8.47. The van der Waals surface area contributed by atoms with Crippen LogP contribution in [0, 0.1) is 11.8 Å². The third-order valence-electron chi connectivity index (χ3n) is 2.12. The van der Waals surface area contributed by atoms with Gasteiger partial charge in [0.2, 0.25) is 0 Å². The molecular weight excluding hydrogens is 172 g/mol. The SMILES string of the molecule is C/C=C/C(O)CC(C)CC=CC(C)C. The van der Waals surface area contributed by atoms with Crippen molar-refractivity contribution in [1.82, 2.24) is 0 Å². The van der Waals surface area contributed by atoms with Crippen LogP contribution in [0.2, 0.25) is 0 Å². The van der Waals surface area contributed by atoms with Crippen molar-refractivity contribution < 1.29 is 5.11 Å². The number of aliphatic hydroxyl groups excluding tert-OH is 1. The highest BCUT2D eigenvalue weighted by Gasteiger charge is 2.05. The van der Waals surface area contributed by atoms with Gasteiger partial charge in [-0.25, -0.2) is 0 Å². The first-order chi connectivity index (χ1) is 6.56. The zero-order chi connectivity index (χ0) is 11.0. The molecule has 0 saturated carbocycles. The summed E-state index contributed by atoms with van der Waals surface area (Å²) in [5.41, 5.74) is 0. The molecule has 1 N–H and O–H groups in total. The molecule has 0 aliphatic carbocycles. The number of hydrogen-bond donors (Lipinski definition) is 1. The Morgan fingerprint density at radius 2 is 1.79 bits per heavy atom.